The maximum atomic E-state index is 13.2. The Labute approximate surface area is 171 Å². The minimum Gasteiger partial charge on any atom is -0.360 e. The van der Waals surface area contributed by atoms with Crippen LogP contribution in [0.25, 0.3) is 0 Å². The predicted molar refractivity (Wildman–Crippen MR) is 106 cm³/mol. The molecule has 1 aromatic rings. The molecule has 0 spiro atoms. The molecule has 4 atom stereocenters. The van der Waals surface area contributed by atoms with E-state index in [1.807, 2.05) is 6.92 Å². The van der Waals surface area contributed by atoms with Gasteiger partial charge in [0.05, 0.1) is 0 Å². The average Bonchev–Trinajstić information content (AvgIpc) is 3.10. The molecule has 1 saturated carbocycles. The van der Waals surface area contributed by atoms with E-state index >= 15 is 0 Å². The molecule has 3 aliphatic heterocycles. The number of hydrogen-bond donors (Lipinski definition) is 1. The molecule has 4 aliphatic rings. The molecule has 4 fully saturated rings. The van der Waals surface area contributed by atoms with Gasteiger partial charge in [0.25, 0.3) is 16.1 Å². The van der Waals surface area contributed by atoms with E-state index in [0.29, 0.717) is 43.6 Å². The van der Waals surface area contributed by atoms with Gasteiger partial charge in [-0.3, -0.25) is 4.79 Å². The Balaban J connectivity index is 1.19. The van der Waals surface area contributed by atoms with E-state index in [0.717, 1.165) is 31.6 Å². The van der Waals surface area contributed by atoms with Crippen LogP contribution < -0.4 is 5.32 Å². The van der Waals surface area contributed by atoms with Gasteiger partial charge in [0.1, 0.15) is 5.76 Å². The van der Waals surface area contributed by atoms with Crippen LogP contribution in [0.3, 0.4) is 0 Å². The molecule has 160 valence electrons. The fourth-order valence-electron chi connectivity index (χ4n) is 5.09. The van der Waals surface area contributed by atoms with Gasteiger partial charge in [-0.2, -0.15) is 17.0 Å². The molecular formula is C19H29N5O4S. The van der Waals surface area contributed by atoms with Crippen LogP contribution in [-0.4, -0.2) is 83.8 Å². The summed E-state index contributed by atoms with van der Waals surface area (Å²) >= 11 is 0. The Hall–Kier alpha value is -1.49. The molecule has 1 N–H and O–H groups in total. The molecule has 0 aromatic carbocycles. The second-order valence-corrected chi connectivity index (χ2v) is 10.9. The fraction of sp³-hybridized carbons (Fsp3) is 0.789. The molecule has 0 unspecified atom stereocenters. The number of piperidine rings is 1. The Morgan fingerprint density at radius 2 is 1.97 bits per heavy atom. The van der Waals surface area contributed by atoms with Gasteiger partial charge in [0, 0.05) is 55.8 Å². The minimum absolute atomic E-state index is 0.0637. The van der Waals surface area contributed by atoms with Crippen molar-refractivity contribution in [3.05, 3.63) is 17.5 Å². The summed E-state index contributed by atoms with van der Waals surface area (Å²) in [6.45, 7) is 3.75. The zero-order valence-electron chi connectivity index (χ0n) is 17.0. The van der Waals surface area contributed by atoms with Crippen molar-refractivity contribution in [1.29, 1.82) is 0 Å². The third-order valence-corrected chi connectivity index (χ3v) is 9.12. The van der Waals surface area contributed by atoms with Gasteiger partial charge in [-0.05, 0) is 46.1 Å². The number of nitrogens with one attached hydrogen (secondary N) is 1. The minimum atomic E-state index is -3.47. The number of nitrogens with zero attached hydrogens (tertiary/aromatic N) is 4. The van der Waals surface area contributed by atoms with E-state index in [-0.39, 0.29) is 24.0 Å². The normalized spacial score (nSPS) is 34.0. The van der Waals surface area contributed by atoms with Gasteiger partial charge in [-0.15, -0.1) is 0 Å². The molecule has 29 heavy (non-hydrogen) atoms. The predicted octanol–water partition coefficient (Wildman–Crippen LogP) is 0.768. The lowest BCUT2D eigenvalue weighted by atomic mass is 10.0. The van der Waals surface area contributed by atoms with Gasteiger partial charge in [-0.25, -0.2) is 0 Å². The molecule has 4 heterocycles. The molecule has 5 rings (SSSR count). The first-order valence-electron chi connectivity index (χ1n) is 10.6. The topological polar surface area (TPSA) is 99.0 Å². The highest BCUT2D eigenvalue weighted by Gasteiger charge is 2.49. The Kier molecular flexibility index (Phi) is 4.73. The van der Waals surface area contributed by atoms with Crippen molar-refractivity contribution in [2.75, 3.05) is 26.7 Å². The molecule has 1 aliphatic carbocycles. The first-order valence-corrected chi connectivity index (χ1v) is 12.0. The molecule has 2 bridgehead atoms. The van der Waals surface area contributed by atoms with Crippen molar-refractivity contribution in [2.45, 2.75) is 69.1 Å². The van der Waals surface area contributed by atoms with Crippen LogP contribution in [0.1, 0.15) is 61.2 Å². The standard InChI is InChI=1S/C19H29N5O4S/c1-12-7-14(20-19(25)17-9-18(28-21-17)13-3-4-13)5-6-23(12)29(26,27)24-11-15-8-16(24)10-22(15)2/h9,12-16H,3-8,10-11H2,1-2H3,(H,20,25)/t12-,14-,15+,16+/m0/s1. The zero-order chi connectivity index (χ0) is 20.3. The summed E-state index contributed by atoms with van der Waals surface area (Å²) in [6.07, 6.45) is 4.31. The summed E-state index contributed by atoms with van der Waals surface area (Å²) in [5, 5.41) is 6.90. The van der Waals surface area contributed by atoms with Crippen molar-refractivity contribution >= 4 is 16.1 Å². The molecule has 1 amide bonds. The highest BCUT2D eigenvalue weighted by atomic mass is 32.2. The van der Waals surface area contributed by atoms with Crippen molar-refractivity contribution in [2.24, 2.45) is 0 Å². The van der Waals surface area contributed by atoms with E-state index in [9.17, 15) is 13.2 Å². The molecular weight excluding hydrogens is 394 g/mol. The van der Waals surface area contributed by atoms with Crippen molar-refractivity contribution < 1.29 is 17.7 Å². The van der Waals surface area contributed by atoms with E-state index in [1.165, 1.54) is 0 Å². The number of fused-ring (bicyclic) bond motifs is 2. The van der Waals surface area contributed by atoms with E-state index in [2.05, 4.69) is 22.4 Å². The van der Waals surface area contributed by atoms with Crippen molar-refractivity contribution in [1.82, 2.24) is 24.0 Å². The third kappa shape index (κ3) is 3.49. The molecule has 10 heteroatoms. The Bertz CT molecular complexity index is 896. The van der Waals surface area contributed by atoms with Crippen LogP contribution in [-0.2, 0) is 10.2 Å². The lowest BCUT2D eigenvalue weighted by molar-refractivity contribution is 0.0903. The number of likely N-dealkylation sites (tertiary alicyclic amines) is 1. The summed E-state index contributed by atoms with van der Waals surface area (Å²) in [5.41, 5.74) is 0.312. The van der Waals surface area contributed by atoms with Crippen LogP contribution in [0.5, 0.6) is 0 Å². The number of rotatable bonds is 5. The van der Waals surface area contributed by atoms with Crippen LogP contribution in [0.2, 0.25) is 0 Å². The number of carbonyl (C=O) groups excluding carboxylic acids is 1. The quantitative estimate of drug-likeness (QED) is 0.751. The fourth-order valence-corrected chi connectivity index (χ4v) is 7.12. The maximum Gasteiger partial charge on any atom is 0.282 e. The third-order valence-electron chi connectivity index (χ3n) is 6.95. The smallest absolute Gasteiger partial charge is 0.282 e. The summed E-state index contributed by atoms with van der Waals surface area (Å²) < 4.78 is 35.1. The highest BCUT2D eigenvalue weighted by molar-refractivity contribution is 7.86. The molecule has 0 radical (unpaired) electrons. The van der Waals surface area contributed by atoms with Crippen LogP contribution in [0.15, 0.2) is 10.6 Å². The summed E-state index contributed by atoms with van der Waals surface area (Å²) in [4.78, 5) is 14.8. The maximum absolute atomic E-state index is 13.2. The largest absolute Gasteiger partial charge is 0.360 e. The van der Waals surface area contributed by atoms with Crippen LogP contribution >= 0.6 is 0 Å². The molecule has 3 saturated heterocycles. The second kappa shape index (κ2) is 7.04. The summed E-state index contributed by atoms with van der Waals surface area (Å²) in [6, 6.07) is 1.94. The Morgan fingerprint density at radius 1 is 1.17 bits per heavy atom. The van der Waals surface area contributed by atoms with E-state index in [4.69, 9.17) is 4.52 Å². The van der Waals surface area contributed by atoms with Crippen LogP contribution in [0, 0.1) is 0 Å². The number of piperazine rings is 1. The first-order chi connectivity index (χ1) is 13.8. The number of carbonyl (C=O) groups is 1. The van der Waals surface area contributed by atoms with Gasteiger partial charge >= 0.3 is 0 Å². The van der Waals surface area contributed by atoms with Crippen LogP contribution in [0.4, 0.5) is 0 Å². The monoisotopic (exact) mass is 423 g/mol. The number of aromatic nitrogens is 1. The number of hydrogen-bond acceptors (Lipinski definition) is 6. The van der Waals surface area contributed by atoms with Gasteiger partial charge in [0.2, 0.25) is 0 Å². The zero-order valence-corrected chi connectivity index (χ0v) is 17.8. The lowest BCUT2D eigenvalue weighted by Gasteiger charge is -2.41. The van der Waals surface area contributed by atoms with E-state index < -0.39 is 10.2 Å². The van der Waals surface area contributed by atoms with Gasteiger partial charge in [0.15, 0.2) is 5.69 Å². The summed E-state index contributed by atoms with van der Waals surface area (Å²) in [5.74, 6) is 0.960. The molecule has 9 nitrogen and oxygen atoms in total. The van der Waals surface area contributed by atoms with Gasteiger partial charge < -0.3 is 14.7 Å². The van der Waals surface area contributed by atoms with Crippen molar-refractivity contribution in [3.8, 4) is 0 Å². The van der Waals surface area contributed by atoms with Gasteiger partial charge in [-0.1, -0.05) is 5.16 Å². The highest BCUT2D eigenvalue weighted by Crippen LogP contribution is 2.40. The first kappa shape index (κ1) is 19.5. The SMILES string of the molecule is C[C@H]1C[C@@H](NC(=O)c2cc(C3CC3)on2)CCN1S(=O)(=O)N1C[C@H]2C[C@@H]1CN2C. The Morgan fingerprint density at radius 3 is 2.59 bits per heavy atom. The number of amides is 1. The second-order valence-electron chi connectivity index (χ2n) is 9.10. The summed E-state index contributed by atoms with van der Waals surface area (Å²) in [7, 11) is -1.41. The van der Waals surface area contributed by atoms with E-state index in [1.54, 1.807) is 14.7 Å². The lowest BCUT2D eigenvalue weighted by Crippen LogP contribution is -2.57. The number of likely N-dealkylation sites (N-methyl/N-ethyl adjacent to an activating group) is 1. The molecule has 1 aromatic heterocycles. The average molecular weight is 424 g/mol. The van der Waals surface area contributed by atoms with Crippen molar-refractivity contribution in [3.63, 3.8) is 0 Å².